The molecule has 0 aliphatic rings. The number of hydrogen-bond acceptors (Lipinski definition) is 2. The molecule has 19 heavy (non-hydrogen) atoms. The molecule has 2 aromatic rings. The van der Waals surface area contributed by atoms with E-state index < -0.39 is 0 Å². The molecule has 0 aliphatic carbocycles. The lowest BCUT2D eigenvalue weighted by molar-refractivity contribution is 0.568. The van der Waals surface area contributed by atoms with Gasteiger partial charge in [-0.25, -0.2) is 4.39 Å². The summed E-state index contributed by atoms with van der Waals surface area (Å²) in [6, 6.07) is 7.23. The van der Waals surface area contributed by atoms with Crippen molar-refractivity contribution in [2.75, 3.05) is 0 Å². The van der Waals surface area contributed by atoms with Gasteiger partial charge in [0.2, 0.25) is 0 Å². The van der Waals surface area contributed by atoms with Crippen molar-refractivity contribution < 1.29 is 4.39 Å². The topological polar surface area (TPSA) is 24.9 Å². The molecule has 0 radical (unpaired) electrons. The molecule has 100 valence electrons. The van der Waals surface area contributed by atoms with Crippen molar-refractivity contribution >= 4 is 15.9 Å². The van der Waals surface area contributed by atoms with Gasteiger partial charge in [0, 0.05) is 25.0 Å². The maximum atomic E-state index is 13.2. The summed E-state index contributed by atoms with van der Waals surface area (Å²) >= 11 is 3.21. The second kappa shape index (κ2) is 6.26. The monoisotopic (exact) mass is 322 g/mol. The van der Waals surface area contributed by atoms with E-state index in [4.69, 9.17) is 0 Å². The van der Waals surface area contributed by atoms with Crippen LogP contribution in [0.15, 0.2) is 41.1 Å². The Labute approximate surface area is 121 Å². The number of benzene rings is 1. The van der Waals surface area contributed by atoms with Crippen molar-refractivity contribution in [2.45, 2.75) is 26.4 Å². The van der Waals surface area contributed by atoms with Crippen LogP contribution in [0, 0.1) is 12.7 Å². The molecule has 0 bridgehead atoms. The van der Waals surface area contributed by atoms with E-state index in [0.717, 1.165) is 12.1 Å². The maximum absolute atomic E-state index is 13.2. The Bertz CT molecular complexity index is 572. The number of hydrogen-bond donors (Lipinski definition) is 1. The molecule has 0 saturated heterocycles. The second-order valence-electron chi connectivity index (χ2n) is 4.58. The van der Waals surface area contributed by atoms with Gasteiger partial charge in [-0.2, -0.15) is 0 Å². The third-order valence-corrected chi connectivity index (χ3v) is 3.80. The fourth-order valence-electron chi connectivity index (χ4n) is 1.84. The van der Waals surface area contributed by atoms with Crippen LogP contribution in [0.2, 0.25) is 0 Å². The lowest BCUT2D eigenvalue weighted by atomic mass is 10.1. The summed E-state index contributed by atoms with van der Waals surface area (Å²) in [5, 5.41) is 3.42. The van der Waals surface area contributed by atoms with Crippen molar-refractivity contribution in [3.63, 3.8) is 0 Å². The fourth-order valence-corrected chi connectivity index (χ4v) is 2.24. The van der Waals surface area contributed by atoms with Gasteiger partial charge < -0.3 is 5.32 Å². The second-order valence-corrected chi connectivity index (χ2v) is 5.43. The molecule has 1 aromatic carbocycles. The van der Waals surface area contributed by atoms with E-state index in [1.54, 1.807) is 12.3 Å². The Morgan fingerprint density at radius 3 is 2.84 bits per heavy atom. The minimum absolute atomic E-state index is 0.150. The van der Waals surface area contributed by atoms with Crippen molar-refractivity contribution in [1.82, 2.24) is 10.3 Å². The number of halogens is 2. The highest BCUT2D eigenvalue weighted by Gasteiger charge is 2.08. The lowest BCUT2D eigenvalue weighted by Crippen LogP contribution is -2.18. The first-order valence-corrected chi connectivity index (χ1v) is 6.95. The molecular weight excluding hydrogens is 307 g/mol. The molecule has 2 nitrogen and oxygen atoms in total. The van der Waals surface area contributed by atoms with E-state index in [0.29, 0.717) is 4.47 Å². The summed E-state index contributed by atoms with van der Waals surface area (Å²) < 4.78 is 13.7. The number of rotatable bonds is 4. The largest absolute Gasteiger partial charge is 0.306 e. The zero-order valence-corrected chi connectivity index (χ0v) is 12.5. The number of pyridine rings is 1. The van der Waals surface area contributed by atoms with Crippen molar-refractivity contribution in [1.29, 1.82) is 0 Å². The van der Waals surface area contributed by atoms with Crippen molar-refractivity contribution in [2.24, 2.45) is 0 Å². The van der Waals surface area contributed by atoms with Gasteiger partial charge in [-0.15, -0.1) is 0 Å². The first-order valence-electron chi connectivity index (χ1n) is 6.15. The van der Waals surface area contributed by atoms with Crippen molar-refractivity contribution in [3.05, 3.63) is 63.6 Å². The summed E-state index contributed by atoms with van der Waals surface area (Å²) in [4.78, 5) is 4.12. The van der Waals surface area contributed by atoms with Gasteiger partial charge in [0.1, 0.15) is 5.82 Å². The molecule has 0 saturated carbocycles. The smallest absolute Gasteiger partial charge is 0.137 e. The predicted molar refractivity (Wildman–Crippen MR) is 78.3 cm³/mol. The zero-order valence-electron chi connectivity index (χ0n) is 11.0. The van der Waals surface area contributed by atoms with E-state index in [9.17, 15) is 4.39 Å². The Morgan fingerprint density at radius 2 is 2.16 bits per heavy atom. The molecule has 2 rings (SSSR count). The molecule has 1 atom stereocenters. The SMILES string of the molecule is Cc1ccncc1CNC(C)c1ccc(F)c(Br)c1. The Kier molecular flexibility index (Phi) is 4.66. The summed E-state index contributed by atoms with van der Waals surface area (Å²) in [5.74, 6) is -0.237. The Morgan fingerprint density at radius 1 is 1.37 bits per heavy atom. The van der Waals surface area contributed by atoms with E-state index in [1.807, 2.05) is 18.3 Å². The number of aromatic nitrogens is 1. The Balaban J connectivity index is 2.03. The zero-order chi connectivity index (χ0) is 13.8. The normalized spacial score (nSPS) is 12.4. The summed E-state index contributed by atoms with van der Waals surface area (Å²) in [7, 11) is 0. The van der Waals surface area contributed by atoms with Crippen LogP contribution >= 0.6 is 15.9 Å². The van der Waals surface area contributed by atoms with E-state index in [2.05, 4.69) is 40.1 Å². The van der Waals surface area contributed by atoms with E-state index in [1.165, 1.54) is 17.2 Å². The number of nitrogens with zero attached hydrogens (tertiary/aromatic N) is 1. The molecule has 0 fully saturated rings. The van der Waals surface area contributed by atoms with Gasteiger partial charge in [-0.05, 0) is 64.7 Å². The minimum atomic E-state index is -0.237. The van der Waals surface area contributed by atoms with Gasteiger partial charge in [0.05, 0.1) is 4.47 Å². The molecule has 1 unspecified atom stereocenters. The van der Waals surface area contributed by atoms with Crippen LogP contribution < -0.4 is 5.32 Å². The van der Waals surface area contributed by atoms with Gasteiger partial charge >= 0.3 is 0 Å². The van der Waals surface area contributed by atoms with E-state index >= 15 is 0 Å². The molecule has 1 heterocycles. The standard InChI is InChI=1S/C15H16BrFN2/c1-10-5-6-18-8-13(10)9-19-11(2)12-3-4-15(17)14(16)7-12/h3-8,11,19H,9H2,1-2H3. The van der Waals surface area contributed by atoms with Crippen LogP contribution in [0.5, 0.6) is 0 Å². The van der Waals surface area contributed by atoms with Crippen LogP contribution in [0.25, 0.3) is 0 Å². The maximum Gasteiger partial charge on any atom is 0.137 e. The third-order valence-electron chi connectivity index (χ3n) is 3.19. The number of nitrogens with one attached hydrogen (secondary N) is 1. The molecule has 4 heteroatoms. The van der Waals surface area contributed by atoms with Crippen LogP contribution in [0.3, 0.4) is 0 Å². The molecule has 0 spiro atoms. The molecule has 0 aliphatic heterocycles. The lowest BCUT2D eigenvalue weighted by Gasteiger charge is -2.15. The van der Waals surface area contributed by atoms with Gasteiger partial charge in [-0.3, -0.25) is 4.98 Å². The fraction of sp³-hybridized carbons (Fsp3) is 0.267. The molecular formula is C15H16BrFN2. The molecule has 1 aromatic heterocycles. The first kappa shape index (κ1) is 14.2. The van der Waals surface area contributed by atoms with Gasteiger partial charge in [0.15, 0.2) is 0 Å². The summed E-state index contributed by atoms with van der Waals surface area (Å²) in [6.45, 7) is 4.87. The average molecular weight is 323 g/mol. The van der Waals surface area contributed by atoms with Crippen molar-refractivity contribution in [3.8, 4) is 0 Å². The highest BCUT2D eigenvalue weighted by Crippen LogP contribution is 2.21. The van der Waals surface area contributed by atoms with E-state index in [-0.39, 0.29) is 11.9 Å². The minimum Gasteiger partial charge on any atom is -0.306 e. The highest BCUT2D eigenvalue weighted by molar-refractivity contribution is 9.10. The van der Waals surface area contributed by atoms with Crippen LogP contribution in [0.1, 0.15) is 29.7 Å². The van der Waals surface area contributed by atoms with Gasteiger partial charge in [0.25, 0.3) is 0 Å². The number of aryl methyl sites for hydroxylation is 1. The average Bonchev–Trinajstić information content (AvgIpc) is 2.40. The summed E-state index contributed by atoms with van der Waals surface area (Å²) in [6.07, 6.45) is 3.66. The quantitative estimate of drug-likeness (QED) is 0.915. The predicted octanol–water partition coefficient (Wildman–Crippen LogP) is 4.14. The first-order chi connectivity index (χ1) is 9.08. The van der Waals surface area contributed by atoms with Gasteiger partial charge in [-0.1, -0.05) is 6.07 Å². The third kappa shape index (κ3) is 3.61. The molecule has 0 amide bonds. The Hall–Kier alpha value is -1.26. The highest BCUT2D eigenvalue weighted by atomic mass is 79.9. The summed E-state index contributed by atoms with van der Waals surface area (Å²) in [5.41, 5.74) is 3.44. The molecule has 1 N–H and O–H groups in total. The van der Waals surface area contributed by atoms with Crippen LogP contribution in [-0.2, 0) is 6.54 Å². The van der Waals surface area contributed by atoms with Crippen LogP contribution in [-0.4, -0.2) is 4.98 Å². The van der Waals surface area contributed by atoms with Crippen LogP contribution in [0.4, 0.5) is 4.39 Å².